The van der Waals surface area contributed by atoms with Gasteiger partial charge in [-0.3, -0.25) is 0 Å². The van der Waals surface area contributed by atoms with Crippen molar-refractivity contribution in [1.82, 2.24) is 21.3 Å². The van der Waals surface area contributed by atoms with Gasteiger partial charge in [0, 0.05) is 26.7 Å². The fourth-order valence-electron chi connectivity index (χ4n) is 1.91. The van der Waals surface area contributed by atoms with Crippen LogP contribution in [-0.4, -0.2) is 90.6 Å². The van der Waals surface area contributed by atoms with Crippen LogP contribution in [0.4, 0.5) is 9.18 Å². The van der Waals surface area contributed by atoms with Crippen molar-refractivity contribution in [3.63, 3.8) is 0 Å². The third-order valence-electron chi connectivity index (χ3n) is 3.64. The van der Waals surface area contributed by atoms with Crippen LogP contribution in [-0.2, 0) is 14.2 Å². The van der Waals surface area contributed by atoms with Crippen molar-refractivity contribution in [2.24, 2.45) is 0 Å². The minimum absolute atomic E-state index is 0.103. The van der Waals surface area contributed by atoms with Gasteiger partial charge in [-0.05, 0) is 20.4 Å². The lowest BCUT2D eigenvalue weighted by molar-refractivity contribution is -0.0860. The number of hydrogen-bond acceptors (Lipinski definition) is 6. The Morgan fingerprint density at radius 1 is 1.00 bits per heavy atom. The molecule has 0 spiro atoms. The van der Waals surface area contributed by atoms with Gasteiger partial charge in [-0.2, -0.15) is 0 Å². The Labute approximate surface area is 156 Å². The predicted molar refractivity (Wildman–Crippen MR) is 100 cm³/mol. The molecule has 0 aromatic heterocycles. The van der Waals surface area contributed by atoms with E-state index in [9.17, 15) is 9.18 Å². The topological polar surface area (TPSA) is 92.9 Å². The van der Waals surface area contributed by atoms with Gasteiger partial charge in [0.2, 0.25) is 0 Å². The van der Waals surface area contributed by atoms with Crippen LogP contribution >= 0.6 is 0 Å². The van der Waals surface area contributed by atoms with Gasteiger partial charge >= 0.3 is 6.03 Å². The fraction of sp³-hybridized carbons (Fsp3) is 0.941. The maximum absolute atomic E-state index is 14.1. The van der Waals surface area contributed by atoms with Gasteiger partial charge in [0.25, 0.3) is 0 Å². The minimum Gasteiger partial charge on any atom is -0.379 e. The molecule has 0 saturated carbocycles. The van der Waals surface area contributed by atoms with E-state index in [4.69, 9.17) is 14.2 Å². The highest BCUT2D eigenvalue weighted by Gasteiger charge is 2.30. The first-order valence-electron chi connectivity index (χ1n) is 9.24. The van der Waals surface area contributed by atoms with E-state index >= 15 is 0 Å². The molecule has 0 aromatic rings. The number of hydrogen-bond donors (Lipinski definition) is 4. The van der Waals surface area contributed by atoms with Gasteiger partial charge in [-0.25, -0.2) is 9.18 Å². The zero-order valence-corrected chi connectivity index (χ0v) is 16.7. The van der Waals surface area contributed by atoms with Gasteiger partial charge in [0.05, 0.1) is 45.2 Å². The summed E-state index contributed by atoms with van der Waals surface area (Å²) in [5.74, 6) is 0. The maximum atomic E-state index is 14.1. The van der Waals surface area contributed by atoms with E-state index < -0.39 is 17.8 Å². The zero-order valence-electron chi connectivity index (χ0n) is 16.7. The Balaban J connectivity index is 3.48. The van der Waals surface area contributed by atoms with Crippen LogP contribution in [0.2, 0.25) is 0 Å². The molecule has 0 saturated heterocycles. The molecule has 9 heteroatoms. The number of ether oxygens (including phenoxy) is 3. The van der Waals surface area contributed by atoms with Crippen molar-refractivity contribution >= 4 is 6.03 Å². The van der Waals surface area contributed by atoms with Gasteiger partial charge in [0.1, 0.15) is 6.17 Å². The highest BCUT2D eigenvalue weighted by atomic mass is 19.1. The summed E-state index contributed by atoms with van der Waals surface area (Å²) >= 11 is 0. The molecule has 0 aromatic carbocycles. The third kappa shape index (κ3) is 14.2. The number of amides is 2. The number of likely N-dealkylation sites (N-methyl/N-ethyl adjacent to an activating group) is 1. The molecule has 0 heterocycles. The first kappa shape index (κ1) is 25.0. The molecule has 0 aliphatic rings. The van der Waals surface area contributed by atoms with Crippen LogP contribution in [0.15, 0.2) is 0 Å². The lowest BCUT2D eigenvalue weighted by atomic mass is 10.0. The molecule has 4 N–H and O–H groups in total. The fourth-order valence-corrected chi connectivity index (χ4v) is 1.91. The summed E-state index contributed by atoms with van der Waals surface area (Å²) in [5, 5.41) is 11.2. The molecule has 8 nitrogen and oxygen atoms in total. The number of rotatable bonds is 17. The molecule has 0 aliphatic carbocycles. The van der Waals surface area contributed by atoms with E-state index in [0.717, 1.165) is 26.2 Å². The van der Waals surface area contributed by atoms with Gasteiger partial charge in [-0.1, -0.05) is 6.92 Å². The van der Waals surface area contributed by atoms with Crippen molar-refractivity contribution in [3.05, 3.63) is 0 Å². The van der Waals surface area contributed by atoms with Crippen LogP contribution < -0.4 is 21.3 Å². The Bertz CT molecular complexity index is 349. The lowest BCUT2D eigenvalue weighted by Gasteiger charge is -2.29. The summed E-state index contributed by atoms with van der Waals surface area (Å²) in [7, 11) is 1.48. The van der Waals surface area contributed by atoms with Gasteiger partial charge in [0.15, 0.2) is 0 Å². The molecule has 26 heavy (non-hydrogen) atoms. The molecule has 2 amide bonds. The average Bonchev–Trinajstić information content (AvgIpc) is 2.63. The molecule has 0 rings (SSSR count). The monoisotopic (exact) mass is 380 g/mol. The van der Waals surface area contributed by atoms with Crippen LogP contribution in [0.3, 0.4) is 0 Å². The SMILES string of the molecule is CCNCCOCCNCCOCCOC(C)(C)C(F)CNC(=O)NC. The molecule has 0 fully saturated rings. The standard InChI is InChI=1S/C17H37FN4O4/c1-5-20-6-9-24-10-7-21-8-11-25-12-13-26-17(2,3)15(18)14-22-16(23)19-4/h15,20-21H,5-14H2,1-4H3,(H2,19,22,23). The second kappa shape index (κ2) is 16.2. The Hall–Kier alpha value is -1.00. The molecule has 1 atom stereocenters. The summed E-state index contributed by atoms with van der Waals surface area (Å²) in [6, 6.07) is -0.415. The molecule has 1 unspecified atom stereocenters. The lowest BCUT2D eigenvalue weighted by Crippen LogP contribution is -2.46. The minimum atomic E-state index is -1.31. The third-order valence-corrected chi connectivity index (χ3v) is 3.64. The summed E-state index contributed by atoms with van der Waals surface area (Å²) < 4.78 is 30.5. The van der Waals surface area contributed by atoms with Crippen molar-refractivity contribution in [3.8, 4) is 0 Å². The van der Waals surface area contributed by atoms with E-state index in [2.05, 4.69) is 28.2 Å². The van der Waals surface area contributed by atoms with Crippen LogP contribution in [0, 0.1) is 0 Å². The number of nitrogens with one attached hydrogen (secondary N) is 4. The van der Waals surface area contributed by atoms with Crippen LogP contribution in [0.1, 0.15) is 20.8 Å². The number of carbonyl (C=O) groups is 1. The van der Waals surface area contributed by atoms with Crippen LogP contribution in [0.5, 0.6) is 0 Å². The quantitative estimate of drug-likeness (QED) is 0.271. The number of urea groups is 1. The van der Waals surface area contributed by atoms with E-state index in [-0.39, 0.29) is 6.54 Å². The highest BCUT2D eigenvalue weighted by Crippen LogP contribution is 2.17. The Morgan fingerprint density at radius 3 is 2.15 bits per heavy atom. The molecule has 0 radical (unpaired) electrons. The maximum Gasteiger partial charge on any atom is 0.314 e. The van der Waals surface area contributed by atoms with Gasteiger partial charge < -0.3 is 35.5 Å². The molecule has 156 valence electrons. The average molecular weight is 381 g/mol. The molecule has 0 aliphatic heterocycles. The summed E-state index contributed by atoms with van der Waals surface area (Å²) in [4.78, 5) is 11.1. The molecular weight excluding hydrogens is 343 g/mol. The number of alkyl halides is 1. The number of carbonyl (C=O) groups excluding carboxylic acids is 1. The zero-order chi connectivity index (χ0) is 19.7. The van der Waals surface area contributed by atoms with Crippen molar-refractivity contribution in [2.45, 2.75) is 32.5 Å². The van der Waals surface area contributed by atoms with E-state index in [1.54, 1.807) is 13.8 Å². The predicted octanol–water partition coefficient (Wildman–Crippen LogP) is 0.281. The second-order valence-electron chi connectivity index (χ2n) is 6.21. The smallest absolute Gasteiger partial charge is 0.314 e. The molecular formula is C17H37FN4O4. The molecule has 0 bridgehead atoms. The highest BCUT2D eigenvalue weighted by molar-refractivity contribution is 5.73. The van der Waals surface area contributed by atoms with E-state index in [1.165, 1.54) is 7.05 Å². The summed E-state index contributed by atoms with van der Waals surface area (Å²) in [6.07, 6.45) is -1.31. The second-order valence-corrected chi connectivity index (χ2v) is 6.21. The van der Waals surface area contributed by atoms with Crippen molar-refractivity contribution in [2.75, 3.05) is 72.8 Å². The van der Waals surface area contributed by atoms with Crippen LogP contribution in [0.25, 0.3) is 0 Å². The summed E-state index contributed by atoms with van der Waals surface area (Å²) in [6.45, 7) is 11.2. The largest absolute Gasteiger partial charge is 0.379 e. The first-order valence-corrected chi connectivity index (χ1v) is 9.24. The van der Waals surface area contributed by atoms with E-state index in [0.29, 0.717) is 33.0 Å². The van der Waals surface area contributed by atoms with Gasteiger partial charge in [-0.15, -0.1) is 0 Å². The Morgan fingerprint density at radius 2 is 1.58 bits per heavy atom. The van der Waals surface area contributed by atoms with Crippen molar-refractivity contribution in [1.29, 1.82) is 0 Å². The van der Waals surface area contributed by atoms with E-state index in [1.807, 2.05) is 0 Å². The first-order chi connectivity index (χ1) is 12.4. The summed E-state index contributed by atoms with van der Waals surface area (Å²) in [5.41, 5.74) is -0.993. The number of halogens is 1. The normalized spacial score (nSPS) is 12.8. The Kier molecular flexibility index (Phi) is 15.6. The van der Waals surface area contributed by atoms with Crippen molar-refractivity contribution < 1.29 is 23.4 Å².